The van der Waals surface area contributed by atoms with Crippen LogP contribution in [-0.4, -0.2) is 64.2 Å². The molecule has 27 heavy (non-hydrogen) atoms. The predicted molar refractivity (Wildman–Crippen MR) is 111 cm³/mol. The third kappa shape index (κ3) is 6.45. The van der Waals surface area contributed by atoms with Crippen molar-refractivity contribution in [3.05, 3.63) is 29.8 Å². The van der Waals surface area contributed by atoms with Gasteiger partial charge in [0.1, 0.15) is 0 Å². The van der Waals surface area contributed by atoms with E-state index in [-0.39, 0.29) is 11.9 Å². The highest BCUT2D eigenvalue weighted by Gasteiger charge is 2.28. The molecule has 150 valence electrons. The van der Waals surface area contributed by atoms with Crippen molar-refractivity contribution in [1.82, 2.24) is 10.2 Å². The number of ether oxygens (including phenoxy) is 1. The van der Waals surface area contributed by atoms with E-state index in [0.29, 0.717) is 13.2 Å². The quantitative estimate of drug-likeness (QED) is 0.344. The van der Waals surface area contributed by atoms with Gasteiger partial charge in [-0.25, -0.2) is 0 Å². The third-order valence-electron chi connectivity index (χ3n) is 4.93. The lowest BCUT2D eigenvalue weighted by Gasteiger charge is -2.34. The molecule has 1 aromatic rings. The highest BCUT2D eigenvalue weighted by atomic mass is 16.5. The summed E-state index contributed by atoms with van der Waals surface area (Å²) in [5.74, 6) is 0.748. The summed E-state index contributed by atoms with van der Waals surface area (Å²) in [6.45, 7) is 4.78. The van der Waals surface area contributed by atoms with Crippen LogP contribution in [0, 0.1) is 5.92 Å². The normalized spacial score (nSPS) is 17.6. The summed E-state index contributed by atoms with van der Waals surface area (Å²) in [6.07, 6.45) is 3.95. The lowest BCUT2D eigenvalue weighted by molar-refractivity contribution is -0.149. The van der Waals surface area contributed by atoms with Gasteiger partial charge < -0.3 is 19.9 Å². The number of hydrogen-bond acceptors (Lipinski definition) is 4. The van der Waals surface area contributed by atoms with Crippen molar-refractivity contribution in [3.63, 3.8) is 0 Å². The Kier molecular flexibility index (Phi) is 8.43. The molecule has 0 amide bonds. The topological polar surface area (TPSA) is 57.2 Å². The maximum absolute atomic E-state index is 12.0. The molecule has 0 saturated carbocycles. The van der Waals surface area contributed by atoms with Gasteiger partial charge in [0.15, 0.2) is 5.96 Å². The molecule has 1 unspecified atom stereocenters. The van der Waals surface area contributed by atoms with Gasteiger partial charge in [-0.05, 0) is 50.3 Å². The van der Waals surface area contributed by atoms with Crippen molar-refractivity contribution in [2.45, 2.75) is 32.6 Å². The van der Waals surface area contributed by atoms with Gasteiger partial charge in [-0.2, -0.15) is 0 Å². The highest BCUT2D eigenvalue weighted by Crippen LogP contribution is 2.18. The first kappa shape index (κ1) is 21.1. The molecule has 1 heterocycles. The molecule has 2 rings (SSSR count). The molecule has 1 N–H and O–H groups in total. The van der Waals surface area contributed by atoms with Crippen LogP contribution < -0.4 is 10.2 Å². The van der Waals surface area contributed by atoms with Crippen molar-refractivity contribution < 1.29 is 9.53 Å². The van der Waals surface area contributed by atoms with Crippen LogP contribution in [-0.2, 0) is 16.0 Å². The van der Waals surface area contributed by atoms with Crippen molar-refractivity contribution in [2.24, 2.45) is 10.9 Å². The number of carbonyl (C=O) groups is 1. The number of nitrogens with zero attached hydrogens (tertiary/aromatic N) is 3. The Morgan fingerprint density at radius 2 is 2.07 bits per heavy atom. The number of rotatable bonds is 7. The Balaban J connectivity index is 1.77. The molecule has 1 aliphatic heterocycles. The van der Waals surface area contributed by atoms with E-state index >= 15 is 0 Å². The van der Waals surface area contributed by atoms with Crippen LogP contribution in [0.3, 0.4) is 0 Å². The van der Waals surface area contributed by atoms with Crippen LogP contribution in [0.2, 0.25) is 0 Å². The number of esters is 1. The smallest absolute Gasteiger partial charge is 0.310 e. The van der Waals surface area contributed by atoms with Gasteiger partial charge in [-0.1, -0.05) is 12.1 Å². The predicted octanol–water partition coefficient (Wildman–Crippen LogP) is 2.54. The Morgan fingerprint density at radius 3 is 2.70 bits per heavy atom. The molecule has 1 fully saturated rings. The lowest BCUT2D eigenvalue weighted by Crippen LogP contribution is -2.48. The summed E-state index contributed by atoms with van der Waals surface area (Å²) >= 11 is 0. The fourth-order valence-corrected chi connectivity index (χ4v) is 3.41. The Labute approximate surface area is 163 Å². The van der Waals surface area contributed by atoms with Crippen LogP contribution in [0.25, 0.3) is 0 Å². The molecule has 1 aliphatic rings. The number of anilines is 1. The minimum atomic E-state index is -0.0844. The van der Waals surface area contributed by atoms with Gasteiger partial charge in [-0.3, -0.25) is 9.79 Å². The number of aliphatic imine (C=N–C) groups is 1. The zero-order chi connectivity index (χ0) is 19.6. The number of piperidine rings is 1. The number of guanidine groups is 1. The maximum atomic E-state index is 12.0. The van der Waals surface area contributed by atoms with Gasteiger partial charge in [0.2, 0.25) is 0 Å². The molecular weight excluding hydrogens is 340 g/mol. The number of likely N-dealkylation sites (tertiary alicyclic amines) is 1. The third-order valence-corrected chi connectivity index (χ3v) is 4.93. The number of benzene rings is 1. The summed E-state index contributed by atoms with van der Waals surface area (Å²) < 4.78 is 5.18. The van der Waals surface area contributed by atoms with Crippen molar-refractivity contribution in [2.75, 3.05) is 52.3 Å². The van der Waals surface area contributed by atoms with E-state index in [1.54, 1.807) is 7.05 Å². The van der Waals surface area contributed by atoms with E-state index in [0.717, 1.165) is 44.7 Å². The van der Waals surface area contributed by atoms with Crippen LogP contribution in [0.4, 0.5) is 5.69 Å². The van der Waals surface area contributed by atoms with Crippen LogP contribution in [0.5, 0.6) is 0 Å². The van der Waals surface area contributed by atoms with Gasteiger partial charge in [0, 0.05) is 46.5 Å². The maximum Gasteiger partial charge on any atom is 0.310 e. The van der Waals surface area contributed by atoms with Crippen molar-refractivity contribution in [3.8, 4) is 0 Å². The van der Waals surface area contributed by atoms with Crippen molar-refractivity contribution in [1.29, 1.82) is 0 Å². The summed E-state index contributed by atoms with van der Waals surface area (Å²) in [5.41, 5.74) is 2.57. The number of hydrogen-bond donors (Lipinski definition) is 1. The Bertz CT molecular complexity index is 613. The summed E-state index contributed by atoms with van der Waals surface area (Å²) in [7, 11) is 5.91. The SMILES string of the molecule is CCOC(=O)C1CCCN(C(=NC)NCCCc2ccc(N(C)C)cc2)C1. The molecule has 0 spiro atoms. The number of nitrogens with one attached hydrogen (secondary N) is 1. The van der Waals surface area contributed by atoms with E-state index in [4.69, 9.17) is 4.74 Å². The molecule has 0 bridgehead atoms. The minimum absolute atomic E-state index is 0.0486. The van der Waals surface area contributed by atoms with E-state index in [2.05, 4.69) is 58.5 Å². The Hall–Kier alpha value is -2.24. The molecule has 6 nitrogen and oxygen atoms in total. The molecule has 1 atom stereocenters. The fraction of sp³-hybridized carbons (Fsp3) is 0.619. The standard InChI is InChI=1S/C21H34N4O2/c1-5-27-20(26)18-9-7-15-25(16-18)21(22-2)23-14-6-8-17-10-12-19(13-11-17)24(3)4/h10-13,18H,5-9,14-16H2,1-4H3,(H,22,23). The minimum Gasteiger partial charge on any atom is -0.466 e. The second-order valence-electron chi connectivity index (χ2n) is 7.18. The average molecular weight is 375 g/mol. The number of carbonyl (C=O) groups excluding carboxylic acids is 1. The molecule has 0 aliphatic carbocycles. The molecule has 1 aromatic carbocycles. The van der Waals surface area contributed by atoms with Gasteiger partial charge in [0.25, 0.3) is 0 Å². The molecule has 0 aromatic heterocycles. The Morgan fingerprint density at radius 1 is 1.33 bits per heavy atom. The van der Waals surface area contributed by atoms with Gasteiger partial charge >= 0.3 is 5.97 Å². The van der Waals surface area contributed by atoms with Gasteiger partial charge in [-0.15, -0.1) is 0 Å². The van der Waals surface area contributed by atoms with E-state index in [9.17, 15) is 4.79 Å². The molecule has 0 radical (unpaired) electrons. The van der Waals surface area contributed by atoms with Crippen LogP contribution in [0.15, 0.2) is 29.3 Å². The summed E-state index contributed by atoms with van der Waals surface area (Å²) in [6, 6.07) is 8.70. The molecule has 6 heteroatoms. The average Bonchev–Trinajstić information content (AvgIpc) is 2.68. The monoisotopic (exact) mass is 374 g/mol. The zero-order valence-corrected chi connectivity index (χ0v) is 17.2. The van der Waals surface area contributed by atoms with E-state index in [1.165, 1.54) is 11.3 Å². The summed E-state index contributed by atoms with van der Waals surface area (Å²) in [4.78, 5) is 20.7. The highest BCUT2D eigenvalue weighted by molar-refractivity contribution is 5.81. The number of aryl methyl sites for hydroxylation is 1. The first-order valence-electron chi connectivity index (χ1n) is 9.93. The van der Waals surface area contributed by atoms with Crippen LogP contribution in [0.1, 0.15) is 31.7 Å². The lowest BCUT2D eigenvalue weighted by atomic mass is 9.98. The summed E-state index contributed by atoms with van der Waals surface area (Å²) in [5, 5.41) is 3.45. The first-order valence-corrected chi connectivity index (χ1v) is 9.93. The second-order valence-corrected chi connectivity index (χ2v) is 7.18. The molecular formula is C21H34N4O2. The second kappa shape index (κ2) is 10.8. The molecule has 1 saturated heterocycles. The first-order chi connectivity index (χ1) is 13.0. The van der Waals surface area contributed by atoms with Crippen LogP contribution >= 0.6 is 0 Å². The fourth-order valence-electron chi connectivity index (χ4n) is 3.41. The van der Waals surface area contributed by atoms with E-state index < -0.39 is 0 Å². The van der Waals surface area contributed by atoms with Crippen molar-refractivity contribution >= 4 is 17.6 Å². The van der Waals surface area contributed by atoms with E-state index in [1.807, 2.05) is 6.92 Å². The largest absolute Gasteiger partial charge is 0.466 e. The van der Waals surface area contributed by atoms with Gasteiger partial charge in [0.05, 0.1) is 12.5 Å². The zero-order valence-electron chi connectivity index (χ0n) is 17.2.